The van der Waals surface area contributed by atoms with Crippen molar-refractivity contribution in [2.24, 2.45) is 0 Å². The van der Waals surface area contributed by atoms with Gasteiger partial charge < -0.3 is 9.73 Å². The first-order chi connectivity index (χ1) is 11.8. The molecule has 126 valence electrons. The van der Waals surface area contributed by atoms with Crippen molar-refractivity contribution in [2.75, 3.05) is 5.32 Å². The van der Waals surface area contributed by atoms with Crippen LogP contribution in [-0.2, 0) is 0 Å². The fraction of sp³-hybridized carbons (Fsp3) is 0.190. The molecule has 0 aliphatic heterocycles. The largest absolute Gasteiger partial charge is 0.439 e. The Balaban J connectivity index is 1.97. The molecule has 0 atom stereocenters. The molecule has 3 aromatic rings. The average molecular weight is 335 g/mol. The van der Waals surface area contributed by atoms with Crippen molar-refractivity contribution in [2.45, 2.75) is 26.3 Å². The topological polar surface area (TPSA) is 42.2 Å². The number of hydrogen-bond donors (Lipinski definition) is 1. The first-order valence-corrected chi connectivity index (χ1v) is 8.20. The van der Waals surface area contributed by atoms with E-state index in [1.165, 1.54) is 12.1 Å². The van der Waals surface area contributed by atoms with Gasteiger partial charge in [-0.05, 0) is 50.6 Å². The zero-order valence-corrected chi connectivity index (χ0v) is 14.3. The fourth-order valence-corrected chi connectivity index (χ4v) is 3.17. The molecule has 0 saturated heterocycles. The van der Waals surface area contributed by atoms with E-state index in [2.05, 4.69) is 5.32 Å². The minimum atomic E-state index is -0.324. The summed E-state index contributed by atoms with van der Waals surface area (Å²) in [7, 11) is 0. The highest BCUT2D eigenvalue weighted by Gasteiger charge is 2.36. The molecule has 1 aliphatic carbocycles. The Morgan fingerprint density at radius 1 is 0.920 bits per heavy atom. The van der Waals surface area contributed by atoms with Crippen molar-refractivity contribution in [3.05, 3.63) is 65.5 Å². The number of furan rings is 1. The van der Waals surface area contributed by atoms with Crippen LogP contribution in [0.3, 0.4) is 0 Å². The van der Waals surface area contributed by atoms with Crippen molar-refractivity contribution < 1.29 is 13.6 Å². The lowest BCUT2D eigenvalue weighted by Gasteiger charge is -2.20. The molecule has 3 nitrogen and oxygen atoms in total. The number of nitrogens with one attached hydrogen (secondary N) is 1. The van der Waals surface area contributed by atoms with E-state index >= 15 is 0 Å². The van der Waals surface area contributed by atoms with Gasteiger partial charge in [-0.1, -0.05) is 24.3 Å². The second kappa shape index (κ2) is 5.31. The molecular weight excluding hydrogens is 317 g/mol. The normalized spacial score (nSPS) is 12.9. The zero-order valence-electron chi connectivity index (χ0n) is 14.3. The summed E-state index contributed by atoms with van der Waals surface area (Å²) in [5, 5.41) is 3.35. The van der Waals surface area contributed by atoms with Gasteiger partial charge in [-0.2, -0.15) is 0 Å². The molecule has 1 heterocycles. The molecule has 1 N–H and O–H groups in total. The third kappa shape index (κ3) is 2.54. The Bertz CT molecular complexity index is 978. The molecule has 0 unspecified atom stereocenters. The number of halogens is 1. The molecule has 1 aliphatic rings. The molecule has 0 bridgehead atoms. The van der Waals surface area contributed by atoms with Crippen LogP contribution in [0.25, 0.3) is 22.5 Å². The Labute approximate surface area is 145 Å². The number of ketones is 1. The lowest BCUT2D eigenvalue weighted by molar-refractivity contribution is 0.104. The lowest BCUT2D eigenvalue weighted by atomic mass is 10.0. The number of carbonyl (C=O) groups excluding carboxylic acids is 1. The van der Waals surface area contributed by atoms with Gasteiger partial charge in [-0.15, -0.1) is 0 Å². The second-order valence-electron chi connectivity index (χ2n) is 7.27. The summed E-state index contributed by atoms with van der Waals surface area (Å²) in [4.78, 5) is 13.0. The number of benzene rings is 2. The van der Waals surface area contributed by atoms with Crippen LogP contribution in [0.2, 0.25) is 0 Å². The highest BCUT2D eigenvalue weighted by atomic mass is 19.1. The minimum absolute atomic E-state index is 0.0596. The van der Waals surface area contributed by atoms with Crippen LogP contribution in [0.4, 0.5) is 10.3 Å². The number of carbonyl (C=O) groups is 1. The molecule has 0 saturated carbocycles. The van der Waals surface area contributed by atoms with Gasteiger partial charge in [0.25, 0.3) is 0 Å². The molecule has 2 aromatic carbocycles. The molecular formula is C21H18FNO2. The highest BCUT2D eigenvalue weighted by Crippen LogP contribution is 2.48. The predicted octanol–water partition coefficient (Wildman–Crippen LogP) is 5.51. The van der Waals surface area contributed by atoms with Gasteiger partial charge in [-0.25, -0.2) is 4.39 Å². The Kier molecular flexibility index (Phi) is 3.32. The summed E-state index contributed by atoms with van der Waals surface area (Å²) in [5.41, 5.74) is 3.32. The summed E-state index contributed by atoms with van der Waals surface area (Å²) >= 11 is 0. The van der Waals surface area contributed by atoms with E-state index in [0.717, 1.165) is 11.1 Å². The van der Waals surface area contributed by atoms with Gasteiger partial charge in [0.15, 0.2) is 5.78 Å². The van der Waals surface area contributed by atoms with E-state index in [9.17, 15) is 9.18 Å². The smallest absolute Gasteiger partial charge is 0.202 e. The van der Waals surface area contributed by atoms with Crippen LogP contribution in [0.15, 0.2) is 52.9 Å². The molecule has 4 rings (SSSR count). The number of hydrogen-bond acceptors (Lipinski definition) is 3. The van der Waals surface area contributed by atoms with Crippen LogP contribution < -0.4 is 5.32 Å². The van der Waals surface area contributed by atoms with Gasteiger partial charge in [0.1, 0.15) is 11.6 Å². The van der Waals surface area contributed by atoms with Crippen molar-refractivity contribution in [1.29, 1.82) is 0 Å². The molecule has 0 fully saturated rings. The van der Waals surface area contributed by atoms with Crippen LogP contribution in [-0.4, -0.2) is 11.3 Å². The monoisotopic (exact) mass is 335 g/mol. The zero-order chi connectivity index (χ0) is 17.8. The van der Waals surface area contributed by atoms with Crippen molar-refractivity contribution in [3.8, 4) is 22.5 Å². The Hall–Kier alpha value is -2.88. The van der Waals surface area contributed by atoms with E-state index in [4.69, 9.17) is 4.42 Å². The van der Waals surface area contributed by atoms with Crippen LogP contribution in [0, 0.1) is 5.82 Å². The summed E-state index contributed by atoms with van der Waals surface area (Å²) in [6.07, 6.45) is 0. The van der Waals surface area contributed by atoms with Crippen LogP contribution >= 0.6 is 0 Å². The first kappa shape index (κ1) is 15.6. The first-order valence-electron chi connectivity index (χ1n) is 8.20. The maximum Gasteiger partial charge on any atom is 0.202 e. The van der Waals surface area contributed by atoms with Crippen molar-refractivity contribution in [1.82, 2.24) is 0 Å². The Morgan fingerprint density at radius 2 is 1.56 bits per heavy atom. The summed E-state index contributed by atoms with van der Waals surface area (Å²) in [6.45, 7) is 6.09. The number of fused-ring (bicyclic) bond motifs is 3. The van der Waals surface area contributed by atoms with Gasteiger partial charge in [0.2, 0.25) is 5.88 Å². The minimum Gasteiger partial charge on any atom is -0.439 e. The Morgan fingerprint density at radius 3 is 2.20 bits per heavy atom. The van der Waals surface area contributed by atoms with Gasteiger partial charge in [0, 0.05) is 16.7 Å². The predicted molar refractivity (Wildman–Crippen MR) is 96.3 cm³/mol. The van der Waals surface area contributed by atoms with E-state index < -0.39 is 0 Å². The third-order valence-corrected chi connectivity index (χ3v) is 4.17. The summed E-state index contributed by atoms with van der Waals surface area (Å²) < 4.78 is 19.3. The number of rotatable bonds is 2. The highest BCUT2D eigenvalue weighted by molar-refractivity contribution is 6.26. The van der Waals surface area contributed by atoms with Crippen molar-refractivity contribution >= 4 is 11.7 Å². The maximum absolute atomic E-state index is 13.3. The second-order valence-corrected chi connectivity index (χ2v) is 7.27. The van der Waals surface area contributed by atoms with E-state index in [1.807, 2.05) is 45.0 Å². The molecule has 25 heavy (non-hydrogen) atoms. The van der Waals surface area contributed by atoms with Gasteiger partial charge in [-0.3, -0.25) is 4.79 Å². The SMILES string of the molecule is CC(C)(C)Nc1oc(-c2ccc(F)cc2)c2c1-c1ccccc1C2=O. The molecule has 0 radical (unpaired) electrons. The molecule has 0 amide bonds. The summed E-state index contributed by atoms with van der Waals surface area (Å²) in [6, 6.07) is 13.5. The van der Waals surface area contributed by atoms with E-state index in [-0.39, 0.29) is 17.1 Å². The van der Waals surface area contributed by atoms with Gasteiger partial charge >= 0.3 is 0 Å². The quantitative estimate of drug-likeness (QED) is 0.525. The van der Waals surface area contributed by atoms with Crippen LogP contribution in [0.5, 0.6) is 0 Å². The third-order valence-electron chi connectivity index (χ3n) is 4.17. The van der Waals surface area contributed by atoms with Crippen molar-refractivity contribution in [3.63, 3.8) is 0 Å². The molecule has 4 heteroatoms. The van der Waals surface area contributed by atoms with E-state index in [0.29, 0.717) is 28.3 Å². The van der Waals surface area contributed by atoms with Gasteiger partial charge in [0.05, 0.1) is 11.1 Å². The average Bonchev–Trinajstić information content (AvgIpc) is 3.05. The lowest BCUT2D eigenvalue weighted by Crippen LogP contribution is -2.26. The standard InChI is InChI=1S/C21H18FNO2/c1-21(2,3)23-20-16-14-6-4-5-7-15(14)18(24)17(16)19(25-20)12-8-10-13(22)11-9-12/h4-11,23H,1-3H3. The number of anilines is 1. The summed E-state index contributed by atoms with van der Waals surface area (Å²) in [5.74, 6) is 0.660. The maximum atomic E-state index is 13.3. The van der Waals surface area contributed by atoms with Crippen LogP contribution in [0.1, 0.15) is 36.7 Å². The molecule has 0 spiro atoms. The molecule has 1 aromatic heterocycles. The van der Waals surface area contributed by atoms with E-state index in [1.54, 1.807) is 12.1 Å². The fourth-order valence-electron chi connectivity index (χ4n) is 3.17.